The molecular weight excluding hydrogens is 212 g/mol. The molecule has 17 heavy (non-hydrogen) atoms. The quantitative estimate of drug-likeness (QED) is 0.702. The number of aliphatic hydroxyl groups is 1. The molecule has 3 nitrogen and oxygen atoms in total. The lowest BCUT2D eigenvalue weighted by Gasteiger charge is -2.27. The molecule has 1 aliphatic carbocycles. The van der Waals surface area contributed by atoms with Gasteiger partial charge >= 0.3 is 0 Å². The summed E-state index contributed by atoms with van der Waals surface area (Å²) >= 11 is 0. The third-order valence-electron chi connectivity index (χ3n) is 3.98. The van der Waals surface area contributed by atoms with Crippen LogP contribution in [0, 0.1) is 12.3 Å². The van der Waals surface area contributed by atoms with Gasteiger partial charge in [0.2, 0.25) is 0 Å². The molecular formula is C14H22N2O. The highest BCUT2D eigenvalue weighted by Crippen LogP contribution is 2.38. The Morgan fingerprint density at radius 1 is 1.35 bits per heavy atom. The zero-order valence-corrected chi connectivity index (χ0v) is 10.5. The average molecular weight is 234 g/mol. The minimum absolute atomic E-state index is 0.0657. The molecule has 0 aromatic heterocycles. The summed E-state index contributed by atoms with van der Waals surface area (Å²) in [7, 11) is 0. The van der Waals surface area contributed by atoms with Gasteiger partial charge in [-0.2, -0.15) is 0 Å². The van der Waals surface area contributed by atoms with Crippen molar-refractivity contribution in [3.8, 4) is 0 Å². The smallest absolute Gasteiger partial charge is 0.0579 e. The Hall–Kier alpha value is -1.22. The molecule has 3 heteroatoms. The van der Waals surface area contributed by atoms with E-state index in [9.17, 15) is 5.11 Å². The van der Waals surface area contributed by atoms with Gasteiger partial charge in [0.25, 0.3) is 0 Å². The van der Waals surface area contributed by atoms with Crippen molar-refractivity contribution in [2.75, 3.05) is 24.2 Å². The second-order valence-corrected chi connectivity index (χ2v) is 5.25. The minimum Gasteiger partial charge on any atom is -0.397 e. The number of nitrogens with two attached hydrogens (primary N) is 1. The van der Waals surface area contributed by atoms with Gasteiger partial charge in [-0.25, -0.2) is 0 Å². The van der Waals surface area contributed by atoms with Crippen molar-refractivity contribution in [3.63, 3.8) is 0 Å². The molecule has 1 saturated carbocycles. The predicted octanol–water partition coefficient (Wildman–Crippen LogP) is 2.54. The molecule has 4 N–H and O–H groups in total. The number of hydrogen-bond acceptors (Lipinski definition) is 3. The lowest BCUT2D eigenvalue weighted by atomic mass is 9.87. The van der Waals surface area contributed by atoms with E-state index in [-0.39, 0.29) is 12.0 Å². The molecule has 1 fully saturated rings. The second kappa shape index (κ2) is 4.96. The number of nitrogen functional groups attached to an aromatic ring is 1. The Labute approximate surface area is 103 Å². The highest BCUT2D eigenvalue weighted by Gasteiger charge is 2.32. The first kappa shape index (κ1) is 12.2. The van der Waals surface area contributed by atoms with E-state index in [0.29, 0.717) is 0 Å². The van der Waals surface area contributed by atoms with E-state index in [1.165, 1.54) is 12.8 Å². The molecule has 0 amide bonds. The van der Waals surface area contributed by atoms with Crippen LogP contribution in [0.3, 0.4) is 0 Å². The third-order valence-corrected chi connectivity index (χ3v) is 3.98. The average Bonchev–Trinajstić information content (AvgIpc) is 2.81. The van der Waals surface area contributed by atoms with Crippen molar-refractivity contribution in [1.29, 1.82) is 0 Å². The number of hydrogen-bond donors (Lipinski definition) is 3. The summed E-state index contributed by atoms with van der Waals surface area (Å²) in [5.41, 5.74) is 9.00. The van der Waals surface area contributed by atoms with E-state index < -0.39 is 0 Å². The first-order chi connectivity index (χ1) is 8.17. The summed E-state index contributed by atoms with van der Waals surface area (Å²) in [4.78, 5) is 0. The molecule has 0 saturated heterocycles. The SMILES string of the molecule is Cc1cccc(NCC2(CO)CCCC2)c1N. The number of anilines is 2. The first-order valence-corrected chi connectivity index (χ1v) is 6.37. The lowest BCUT2D eigenvalue weighted by Crippen LogP contribution is -2.30. The molecule has 0 radical (unpaired) electrons. The van der Waals surface area contributed by atoms with Crippen LogP contribution < -0.4 is 11.1 Å². The summed E-state index contributed by atoms with van der Waals surface area (Å²) in [6, 6.07) is 6.02. The van der Waals surface area contributed by atoms with Crippen molar-refractivity contribution in [2.45, 2.75) is 32.6 Å². The Morgan fingerprint density at radius 3 is 2.71 bits per heavy atom. The molecule has 0 spiro atoms. The number of aryl methyl sites for hydroxylation is 1. The van der Waals surface area contributed by atoms with Gasteiger partial charge in [0, 0.05) is 12.0 Å². The van der Waals surface area contributed by atoms with E-state index >= 15 is 0 Å². The summed E-state index contributed by atoms with van der Waals surface area (Å²) in [6.45, 7) is 3.10. The van der Waals surface area contributed by atoms with Crippen molar-refractivity contribution >= 4 is 11.4 Å². The minimum atomic E-state index is 0.0657. The van der Waals surface area contributed by atoms with Gasteiger partial charge in [0.15, 0.2) is 0 Å². The zero-order chi connectivity index (χ0) is 12.3. The molecule has 1 aromatic carbocycles. The molecule has 0 unspecified atom stereocenters. The van der Waals surface area contributed by atoms with Crippen LogP contribution >= 0.6 is 0 Å². The number of aliphatic hydroxyl groups excluding tert-OH is 1. The van der Waals surface area contributed by atoms with Crippen LogP contribution in [-0.2, 0) is 0 Å². The first-order valence-electron chi connectivity index (χ1n) is 6.37. The summed E-state index contributed by atoms with van der Waals surface area (Å²) < 4.78 is 0. The Balaban J connectivity index is 2.04. The normalized spacial score (nSPS) is 18.2. The van der Waals surface area contributed by atoms with Crippen LogP contribution in [0.4, 0.5) is 11.4 Å². The highest BCUT2D eigenvalue weighted by molar-refractivity contribution is 5.69. The molecule has 0 aliphatic heterocycles. The molecule has 0 heterocycles. The monoisotopic (exact) mass is 234 g/mol. The highest BCUT2D eigenvalue weighted by atomic mass is 16.3. The van der Waals surface area contributed by atoms with E-state index in [1.807, 2.05) is 25.1 Å². The van der Waals surface area contributed by atoms with E-state index in [0.717, 1.165) is 36.3 Å². The maximum absolute atomic E-state index is 9.55. The number of rotatable bonds is 4. The van der Waals surface area contributed by atoms with Gasteiger partial charge in [-0.1, -0.05) is 25.0 Å². The predicted molar refractivity (Wildman–Crippen MR) is 72.1 cm³/mol. The molecule has 2 rings (SSSR count). The van der Waals surface area contributed by atoms with Crippen LogP contribution in [0.1, 0.15) is 31.2 Å². The van der Waals surface area contributed by atoms with Gasteiger partial charge in [-0.15, -0.1) is 0 Å². The van der Waals surface area contributed by atoms with Gasteiger partial charge in [0.1, 0.15) is 0 Å². The van der Waals surface area contributed by atoms with Crippen molar-refractivity contribution in [1.82, 2.24) is 0 Å². The van der Waals surface area contributed by atoms with Gasteiger partial charge in [0.05, 0.1) is 18.0 Å². The lowest BCUT2D eigenvalue weighted by molar-refractivity contribution is 0.142. The van der Waals surface area contributed by atoms with E-state index in [4.69, 9.17) is 5.73 Å². The summed E-state index contributed by atoms with van der Waals surface area (Å²) in [6.07, 6.45) is 4.68. The maximum atomic E-state index is 9.55. The molecule has 0 bridgehead atoms. The Kier molecular flexibility index (Phi) is 3.57. The standard InChI is InChI=1S/C14H22N2O/c1-11-5-4-6-12(13(11)15)16-9-14(10-17)7-2-3-8-14/h4-6,16-17H,2-3,7-10,15H2,1H3. The van der Waals surface area contributed by atoms with Crippen LogP contribution in [0.5, 0.6) is 0 Å². The molecule has 1 aromatic rings. The van der Waals surface area contributed by atoms with Crippen molar-refractivity contribution < 1.29 is 5.11 Å². The third kappa shape index (κ3) is 2.55. The van der Waals surface area contributed by atoms with Gasteiger partial charge in [-0.3, -0.25) is 0 Å². The Bertz CT molecular complexity index is 384. The Morgan fingerprint density at radius 2 is 2.06 bits per heavy atom. The summed E-state index contributed by atoms with van der Waals surface area (Å²) in [5, 5.41) is 12.9. The van der Waals surface area contributed by atoms with Crippen molar-refractivity contribution in [3.05, 3.63) is 23.8 Å². The topological polar surface area (TPSA) is 58.3 Å². The van der Waals surface area contributed by atoms with E-state index in [1.54, 1.807) is 0 Å². The van der Waals surface area contributed by atoms with Crippen LogP contribution in [-0.4, -0.2) is 18.3 Å². The summed E-state index contributed by atoms with van der Waals surface area (Å²) in [5.74, 6) is 0. The molecule has 0 atom stereocenters. The zero-order valence-electron chi connectivity index (χ0n) is 10.5. The van der Waals surface area contributed by atoms with Gasteiger partial charge < -0.3 is 16.2 Å². The van der Waals surface area contributed by atoms with Crippen LogP contribution in [0.15, 0.2) is 18.2 Å². The number of benzene rings is 1. The molecule has 1 aliphatic rings. The fraction of sp³-hybridized carbons (Fsp3) is 0.571. The van der Waals surface area contributed by atoms with Crippen LogP contribution in [0.2, 0.25) is 0 Å². The fourth-order valence-electron chi connectivity index (χ4n) is 2.63. The number of para-hydroxylation sites is 1. The van der Waals surface area contributed by atoms with Crippen LogP contribution in [0.25, 0.3) is 0 Å². The largest absolute Gasteiger partial charge is 0.397 e. The van der Waals surface area contributed by atoms with E-state index in [2.05, 4.69) is 5.32 Å². The van der Waals surface area contributed by atoms with Gasteiger partial charge in [-0.05, 0) is 31.4 Å². The fourth-order valence-corrected chi connectivity index (χ4v) is 2.63. The van der Waals surface area contributed by atoms with Crippen molar-refractivity contribution in [2.24, 2.45) is 5.41 Å². The molecule has 94 valence electrons. The number of nitrogens with one attached hydrogen (secondary N) is 1. The maximum Gasteiger partial charge on any atom is 0.0579 e. The second-order valence-electron chi connectivity index (χ2n) is 5.25.